The topological polar surface area (TPSA) is 44.8 Å². The fraction of sp³-hybridized carbons (Fsp3) is 0.688. The first-order valence-corrected chi connectivity index (χ1v) is 8.96. The van der Waals surface area contributed by atoms with E-state index in [1.807, 2.05) is 4.90 Å². The van der Waals surface area contributed by atoms with E-state index >= 15 is 0 Å². The summed E-state index contributed by atoms with van der Waals surface area (Å²) in [5, 5.41) is 5.37. The average Bonchev–Trinajstić information content (AvgIpc) is 3.18. The van der Waals surface area contributed by atoms with E-state index in [2.05, 4.69) is 34.8 Å². The fourth-order valence-electron chi connectivity index (χ4n) is 3.27. The van der Waals surface area contributed by atoms with Gasteiger partial charge in [0, 0.05) is 31.1 Å². The monoisotopic (exact) mass is 323 g/mol. The zero-order valence-electron chi connectivity index (χ0n) is 13.2. The number of carbonyl (C=O) groups excluding carboxylic acids is 1. The highest BCUT2D eigenvalue weighted by atomic mass is 32.1. The van der Waals surface area contributed by atoms with Gasteiger partial charge < -0.3 is 19.9 Å². The third-order valence-electron chi connectivity index (χ3n) is 4.43. The minimum Gasteiger partial charge on any atom is -0.374 e. The maximum Gasteiger partial charge on any atom is 0.237 e. The van der Waals surface area contributed by atoms with Gasteiger partial charge in [-0.15, -0.1) is 11.3 Å². The molecule has 122 valence electrons. The van der Waals surface area contributed by atoms with Crippen molar-refractivity contribution in [2.24, 2.45) is 0 Å². The lowest BCUT2D eigenvalue weighted by molar-refractivity contribution is -0.131. The van der Waals surface area contributed by atoms with Crippen molar-refractivity contribution in [3.63, 3.8) is 0 Å². The molecule has 0 aromatic carbocycles. The number of carbonyl (C=O) groups is 1. The van der Waals surface area contributed by atoms with Gasteiger partial charge in [-0.1, -0.05) is 6.07 Å². The molecule has 2 aliphatic heterocycles. The van der Waals surface area contributed by atoms with Crippen molar-refractivity contribution < 1.29 is 9.53 Å². The summed E-state index contributed by atoms with van der Waals surface area (Å²) < 4.78 is 5.71. The second-order valence-electron chi connectivity index (χ2n) is 6.15. The molecule has 1 aromatic rings. The standard InChI is InChI=1S/C16H25N3O2S/c1-18-7-8-21-13(12-18)10-17-11-16(20)19-6-2-4-14(19)15-5-3-9-22-15/h3,5,9,13-14,17H,2,4,6-8,10-12H2,1H3/t13-,14-/m1/s1. The van der Waals surface area contributed by atoms with Gasteiger partial charge in [0.05, 0.1) is 25.3 Å². The molecule has 6 heteroatoms. The van der Waals surface area contributed by atoms with Crippen LogP contribution in [0.3, 0.4) is 0 Å². The molecule has 3 rings (SSSR count). The Bertz CT molecular complexity index is 480. The first-order chi connectivity index (χ1) is 10.7. The van der Waals surface area contributed by atoms with Crippen LogP contribution < -0.4 is 5.32 Å². The third kappa shape index (κ3) is 3.87. The minimum atomic E-state index is 0.193. The number of hydrogen-bond acceptors (Lipinski definition) is 5. The predicted molar refractivity (Wildman–Crippen MR) is 88.1 cm³/mol. The van der Waals surface area contributed by atoms with Gasteiger partial charge in [0.25, 0.3) is 0 Å². The van der Waals surface area contributed by atoms with Crippen molar-refractivity contribution in [3.05, 3.63) is 22.4 Å². The zero-order chi connectivity index (χ0) is 15.4. The Morgan fingerprint density at radius 3 is 3.18 bits per heavy atom. The second-order valence-corrected chi connectivity index (χ2v) is 7.13. The molecular weight excluding hydrogens is 298 g/mol. The van der Waals surface area contributed by atoms with E-state index in [-0.39, 0.29) is 18.1 Å². The molecule has 0 saturated carbocycles. The number of hydrogen-bond donors (Lipinski definition) is 1. The number of likely N-dealkylation sites (tertiary alicyclic amines) is 1. The van der Waals surface area contributed by atoms with Crippen LogP contribution in [0.2, 0.25) is 0 Å². The summed E-state index contributed by atoms with van der Waals surface area (Å²) >= 11 is 1.75. The maximum atomic E-state index is 12.5. The van der Waals surface area contributed by atoms with Gasteiger partial charge in [-0.3, -0.25) is 4.79 Å². The van der Waals surface area contributed by atoms with E-state index in [4.69, 9.17) is 4.74 Å². The van der Waals surface area contributed by atoms with Crippen molar-refractivity contribution in [1.82, 2.24) is 15.1 Å². The summed E-state index contributed by atoms with van der Waals surface area (Å²) in [6, 6.07) is 4.49. The quantitative estimate of drug-likeness (QED) is 0.888. The van der Waals surface area contributed by atoms with Crippen molar-refractivity contribution in [2.45, 2.75) is 25.0 Å². The molecule has 0 spiro atoms. The van der Waals surface area contributed by atoms with Crippen LogP contribution in [-0.2, 0) is 9.53 Å². The largest absolute Gasteiger partial charge is 0.374 e. The summed E-state index contributed by atoms with van der Waals surface area (Å²) in [7, 11) is 2.11. The molecule has 22 heavy (non-hydrogen) atoms. The van der Waals surface area contributed by atoms with Gasteiger partial charge in [0.15, 0.2) is 0 Å². The molecule has 1 aromatic heterocycles. The van der Waals surface area contributed by atoms with Gasteiger partial charge in [-0.2, -0.15) is 0 Å². The SMILES string of the molecule is CN1CCO[C@H](CNCC(=O)N2CCC[C@@H]2c2cccs2)C1. The van der Waals surface area contributed by atoms with E-state index in [0.29, 0.717) is 6.54 Å². The van der Waals surface area contributed by atoms with E-state index in [0.717, 1.165) is 45.6 Å². The lowest BCUT2D eigenvalue weighted by atomic mass is 10.2. The van der Waals surface area contributed by atoms with Crippen molar-refractivity contribution in [3.8, 4) is 0 Å². The second kappa shape index (κ2) is 7.55. The van der Waals surface area contributed by atoms with Crippen LogP contribution in [0, 0.1) is 0 Å². The highest BCUT2D eigenvalue weighted by Crippen LogP contribution is 2.34. The Hall–Kier alpha value is -0.950. The highest BCUT2D eigenvalue weighted by Gasteiger charge is 2.30. The lowest BCUT2D eigenvalue weighted by Crippen LogP contribution is -2.46. The number of thiophene rings is 1. The van der Waals surface area contributed by atoms with Crippen LogP contribution in [0.15, 0.2) is 17.5 Å². The molecule has 1 amide bonds. The normalized spacial score (nSPS) is 26.5. The number of nitrogens with one attached hydrogen (secondary N) is 1. The van der Waals surface area contributed by atoms with Crippen molar-refractivity contribution in [1.29, 1.82) is 0 Å². The van der Waals surface area contributed by atoms with E-state index in [9.17, 15) is 4.79 Å². The first kappa shape index (κ1) is 15.9. The Labute approximate surface area is 136 Å². The molecule has 3 heterocycles. The molecule has 1 N–H and O–H groups in total. The highest BCUT2D eigenvalue weighted by molar-refractivity contribution is 7.10. The van der Waals surface area contributed by atoms with Crippen LogP contribution in [0.4, 0.5) is 0 Å². The Morgan fingerprint density at radius 1 is 1.50 bits per heavy atom. The smallest absolute Gasteiger partial charge is 0.237 e. The van der Waals surface area contributed by atoms with Crippen LogP contribution >= 0.6 is 11.3 Å². The molecule has 0 radical (unpaired) electrons. The van der Waals surface area contributed by atoms with Crippen molar-refractivity contribution in [2.75, 3.05) is 46.4 Å². The number of nitrogens with zero attached hydrogens (tertiary/aromatic N) is 2. The Morgan fingerprint density at radius 2 is 2.41 bits per heavy atom. The molecule has 0 aliphatic carbocycles. The van der Waals surface area contributed by atoms with E-state index < -0.39 is 0 Å². The summed E-state index contributed by atoms with van der Waals surface area (Å²) in [4.78, 5) is 18.1. The summed E-state index contributed by atoms with van der Waals surface area (Å²) in [5.74, 6) is 0.208. The summed E-state index contributed by atoms with van der Waals surface area (Å²) in [6.45, 7) is 4.74. The number of morpholine rings is 1. The third-order valence-corrected chi connectivity index (χ3v) is 5.41. The molecule has 2 atom stereocenters. The molecule has 0 unspecified atom stereocenters. The van der Waals surface area contributed by atoms with Gasteiger partial charge in [0.1, 0.15) is 0 Å². The lowest BCUT2D eigenvalue weighted by Gasteiger charge is -2.30. The minimum absolute atomic E-state index is 0.193. The van der Waals surface area contributed by atoms with Crippen molar-refractivity contribution >= 4 is 17.2 Å². The fourth-order valence-corrected chi connectivity index (χ4v) is 4.15. The van der Waals surface area contributed by atoms with Gasteiger partial charge in [-0.05, 0) is 31.3 Å². The van der Waals surface area contributed by atoms with Gasteiger partial charge in [0.2, 0.25) is 5.91 Å². The molecule has 2 saturated heterocycles. The van der Waals surface area contributed by atoms with E-state index in [1.165, 1.54) is 4.88 Å². The number of amides is 1. The molecule has 2 fully saturated rings. The predicted octanol–water partition coefficient (Wildman–Crippen LogP) is 1.33. The van der Waals surface area contributed by atoms with Gasteiger partial charge in [-0.25, -0.2) is 0 Å². The number of rotatable bonds is 5. The molecule has 0 bridgehead atoms. The Balaban J connectivity index is 1.45. The Kier molecular flexibility index (Phi) is 5.46. The summed E-state index contributed by atoms with van der Waals surface area (Å²) in [6.07, 6.45) is 2.38. The number of ether oxygens (including phenoxy) is 1. The van der Waals surface area contributed by atoms with Crippen LogP contribution in [0.25, 0.3) is 0 Å². The van der Waals surface area contributed by atoms with Crippen LogP contribution in [-0.4, -0.2) is 68.2 Å². The molecule has 5 nitrogen and oxygen atoms in total. The van der Waals surface area contributed by atoms with Crippen LogP contribution in [0.1, 0.15) is 23.8 Å². The maximum absolute atomic E-state index is 12.5. The molecular formula is C16H25N3O2S. The molecule has 2 aliphatic rings. The van der Waals surface area contributed by atoms with E-state index in [1.54, 1.807) is 11.3 Å². The first-order valence-electron chi connectivity index (χ1n) is 8.08. The summed E-state index contributed by atoms with van der Waals surface area (Å²) in [5.41, 5.74) is 0. The van der Waals surface area contributed by atoms with Crippen LogP contribution in [0.5, 0.6) is 0 Å². The average molecular weight is 323 g/mol. The zero-order valence-corrected chi connectivity index (χ0v) is 14.0. The number of likely N-dealkylation sites (N-methyl/N-ethyl adjacent to an activating group) is 1. The van der Waals surface area contributed by atoms with Gasteiger partial charge >= 0.3 is 0 Å².